The highest BCUT2D eigenvalue weighted by Crippen LogP contribution is 2.42. The largest absolute Gasteiger partial charge is 0.396 e. The van der Waals surface area contributed by atoms with E-state index in [0.717, 1.165) is 0 Å². The maximum absolute atomic E-state index is 9.68. The summed E-state index contributed by atoms with van der Waals surface area (Å²) in [5, 5.41) is 14.9. The van der Waals surface area contributed by atoms with Crippen molar-refractivity contribution in [3.8, 4) is 0 Å². The Morgan fingerprint density at radius 3 is 2.56 bits per heavy atom. The molecule has 27 heavy (non-hydrogen) atoms. The topological polar surface area (TPSA) is 20.2 Å². The quantitative estimate of drug-likeness (QED) is 0.595. The minimum absolute atomic E-state index is 0.181. The van der Waals surface area contributed by atoms with Gasteiger partial charge in [-0.2, -0.15) is 0 Å². The van der Waals surface area contributed by atoms with Crippen molar-refractivity contribution < 1.29 is 5.11 Å². The average molecular weight is 350 g/mol. The molecule has 132 valence electrons. The molecule has 2 aliphatic carbocycles. The number of fused-ring (bicyclic) bond motifs is 3. The molecule has 0 amide bonds. The SMILES string of the molecule is CC=c1ccc2c(c1C1C(CCO)=Cc3ccccc31)C=c1ccccc1=2. The number of hydrogen-bond acceptors (Lipinski definition) is 1. The summed E-state index contributed by atoms with van der Waals surface area (Å²) in [5.41, 5.74) is 6.63. The predicted molar refractivity (Wildman–Crippen MR) is 111 cm³/mol. The zero-order valence-electron chi connectivity index (χ0n) is 15.4. The number of benzene rings is 3. The van der Waals surface area contributed by atoms with Crippen molar-refractivity contribution in [1.29, 1.82) is 0 Å². The molecular weight excluding hydrogens is 328 g/mol. The molecule has 1 heteroatoms. The molecule has 0 heterocycles. The molecule has 3 aromatic rings. The summed E-state index contributed by atoms with van der Waals surface area (Å²) >= 11 is 0. The van der Waals surface area contributed by atoms with Crippen molar-refractivity contribution in [2.24, 2.45) is 0 Å². The van der Waals surface area contributed by atoms with Gasteiger partial charge < -0.3 is 5.11 Å². The second kappa shape index (κ2) is 6.37. The average Bonchev–Trinajstić information content (AvgIpc) is 3.25. The fraction of sp³-hybridized carbons (Fsp3) is 0.154. The molecular formula is C26H22O. The fourth-order valence-corrected chi connectivity index (χ4v) is 4.72. The standard InChI is InChI=1S/C26H22O/c1-2-17-11-12-23-21-9-5-3-8-19(21)16-24(23)25(17)26-20(13-14-27)15-18-7-4-6-10-22(18)26/h2-12,15-16,26-27H,13-14H2,1H3. The van der Waals surface area contributed by atoms with Gasteiger partial charge in [-0.05, 0) is 62.5 Å². The third kappa shape index (κ3) is 2.43. The van der Waals surface area contributed by atoms with Crippen LogP contribution in [0.15, 0.2) is 66.2 Å². The van der Waals surface area contributed by atoms with E-state index in [2.05, 4.69) is 85.8 Å². The molecule has 0 saturated carbocycles. The Kier molecular flexibility index (Phi) is 3.84. The lowest BCUT2D eigenvalue weighted by atomic mass is 9.83. The maximum Gasteiger partial charge on any atom is 0.0468 e. The second-order valence-electron chi connectivity index (χ2n) is 7.30. The Morgan fingerprint density at radius 2 is 1.70 bits per heavy atom. The molecule has 5 rings (SSSR count). The number of aliphatic hydroxyl groups is 1. The summed E-state index contributed by atoms with van der Waals surface area (Å²) in [4.78, 5) is 0. The summed E-state index contributed by atoms with van der Waals surface area (Å²) < 4.78 is 0. The zero-order valence-corrected chi connectivity index (χ0v) is 15.4. The van der Waals surface area contributed by atoms with Crippen LogP contribution >= 0.6 is 0 Å². The van der Waals surface area contributed by atoms with E-state index in [1.54, 1.807) is 0 Å². The van der Waals surface area contributed by atoms with Gasteiger partial charge in [0.25, 0.3) is 0 Å². The highest BCUT2D eigenvalue weighted by molar-refractivity contribution is 5.73. The lowest BCUT2D eigenvalue weighted by molar-refractivity contribution is 0.298. The first-order valence-corrected chi connectivity index (χ1v) is 9.62. The van der Waals surface area contributed by atoms with E-state index in [-0.39, 0.29) is 12.5 Å². The predicted octanol–water partition coefficient (Wildman–Crippen LogP) is 3.83. The zero-order chi connectivity index (χ0) is 18.4. The molecule has 0 saturated heterocycles. The van der Waals surface area contributed by atoms with Crippen molar-refractivity contribution in [1.82, 2.24) is 0 Å². The normalized spacial score (nSPS) is 17.2. The monoisotopic (exact) mass is 350 g/mol. The van der Waals surface area contributed by atoms with Gasteiger partial charge in [-0.3, -0.25) is 0 Å². The van der Waals surface area contributed by atoms with Crippen LogP contribution < -0.4 is 10.4 Å². The van der Waals surface area contributed by atoms with Crippen molar-refractivity contribution >= 4 is 18.2 Å². The first-order chi connectivity index (χ1) is 13.3. The molecule has 2 aliphatic rings. The second-order valence-corrected chi connectivity index (χ2v) is 7.30. The first kappa shape index (κ1) is 16.3. The van der Waals surface area contributed by atoms with Crippen molar-refractivity contribution in [2.45, 2.75) is 19.3 Å². The van der Waals surface area contributed by atoms with Gasteiger partial charge in [0.15, 0.2) is 0 Å². The molecule has 0 bridgehead atoms. The van der Waals surface area contributed by atoms with Crippen LogP contribution in [-0.2, 0) is 0 Å². The van der Waals surface area contributed by atoms with Crippen LogP contribution in [0.4, 0.5) is 0 Å². The Labute approximate surface area is 158 Å². The Hall–Kier alpha value is -2.90. The van der Waals surface area contributed by atoms with E-state index in [1.165, 1.54) is 48.7 Å². The maximum atomic E-state index is 9.68. The summed E-state index contributed by atoms with van der Waals surface area (Å²) in [6.07, 6.45) is 7.53. The Bertz CT molecular complexity index is 1290. The molecule has 1 nitrogen and oxygen atoms in total. The Morgan fingerprint density at radius 1 is 0.889 bits per heavy atom. The molecule has 0 radical (unpaired) electrons. The molecule has 3 aromatic carbocycles. The van der Waals surface area contributed by atoms with Crippen LogP contribution in [0.5, 0.6) is 0 Å². The molecule has 0 fully saturated rings. The van der Waals surface area contributed by atoms with Crippen LogP contribution in [0.3, 0.4) is 0 Å². The van der Waals surface area contributed by atoms with Crippen LogP contribution in [-0.4, -0.2) is 11.7 Å². The summed E-state index contributed by atoms with van der Waals surface area (Å²) in [7, 11) is 0. The lowest BCUT2D eigenvalue weighted by Crippen LogP contribution is -2.17. The fourth-order valence-electron chi connectivity index (χ4n) is 4.72. The van der Waals surface area contributed by atoms with Crippen LogP contribution in [0, 0.1) is 10.4 Å². The van der Waals surface area contributed by atoms with Gasteiger partial charge in [-0.15, -0.1) is 0 Å². The van der Waals surface area contributed by atoms with Gasteiger partial charge in [0, 0.05) is 12.5 Å². The minimum Gasteiger partial charge on any atom is -0.396 e. The first-order valence-electron chi connectivity index (χ1n) is 9.62. The highest BCUT2D eigenvalue weighted by atomic mass is 16.2. The van der Waals surface area contributed by atoms with Crippen LogP contribution in [0.2, 0.25) is 0 Å². The van der Waals surface area contributed by atoms with E-state index in [9.17, 15) is 5.11 Å². The minimum atomic E-state index is 0.181. The number of rotatable bonds is 3. The van der Waals surface area contributed by atoms with E-state index < -0.39 is 0 Å². The molecule has 1 N–H and O–H groups in total. The van der Waals surface area contributed by atoms with Gasteiger partial charge >= 0.3 is 0 Å². The van der Waals surface area contributed by atoms with Crippen molar-refractivity contribution in [2.75, 3.05) is 6.61 Å². The van der Waals surface area contributed by atoms with E-state index in [0.29, 0.717) is 6.42 Å². The van der Waals surface area contributed by atoms with Gasteiger partial charge in [0.05, 0.1) is 0 Å². The highest BCUT2D eigenvalue weighted by Gasteiger charge is 2.29. The number of aliphatic hydroxyl groups excluding tert-OH is 1. The summed E-state index contributed by atoms with van der Waals surface area (Å²) in [6.45, 7) is 2.30. The molecule has 1 atom stereocenters. The van der Waals surface area contributed by atoms with Crippen LogP contribution in [0.1, 0.15) is 41.5 Å². The third-order valence-electron chi connectivity index (χ3n) is 5.89. The van der Waals surface area contributed by atoms with Gasteiger partial charge in [-0.1, -0.05) is 78.4 Å². The smallest absolute Gasteiger partial charge is 0.0468 e. The Balaban J connectivity index is 1.87. The third-order valence-corrected chi connectivity index (χ3v) is 5.89. The molecule has 0 aliphatic heterocycles. The van der Waals surface area contributed by atoms with Gasteiger partial charge in [0.1, 0.15) is 0 Å². The van der Waals surface area contributed by atoms with Crippen molar-refractivity contribution in [3.63, 3.8) is 0 Å². The summed E-state index contributed by atoms with van der Waals surface area (Å²) in [6, 6.07) is 21.8. The lowest BCUT2D eigenvalue weighted by Gasteiger charge is -2.20. The molecule has 1 unspecified atom stereocenters. The van der Waals surface area contributed by atoms with Gasteiger partial charge in [-0.25, -0.2) is 0 Å². The van der Waals surface area contributed by atoms with Crippen molar-refractivity contribution in [3.05, 3.63) is 109 Å². The summed E-state index contributed by atoms with van der Waals surface area (Å²) in [5.74, 6) is 0.208. The van der Waals surface area contributed by atoms with E-state index >= 15 is 0 Å². The molecule has 0 spiro atoms. The molecule has 0 aromatic heterocycles. The van der Waals surface area contributed by atoms with E-state index in [4.69, 9.17) is 0 Å². The van der Waals surface area contributed by atoms with E-state index in [1.807, 2.05) is 0 Å². The van der Waals surface area contributed by atoms with Gasteiger partial charge in [0.2, 0.25) is 0 Å². The van der Waals surface area contributed by atoms with Crippen LogP contribution in [0.25, 0.3) is 18.2 Å². The number of hydrogen-bond donors (Lipinski definition) is 1.